The SMILES string of the molecule is CNC(=O)c1cccc(NS(=O)(=O)c2ccc3c(c2)CCC(=O)N3)c1. The molecule has 0 unspecified atom stereocenters. The Labute approximate surface area is 145 Å². The summed E-state index contributed by atoms with van der Waals surface area (Å²) in [7, 11) is -2.30. The minimum absolute atomic E-state index is 0.0766. The molecule has 0 fully saturated rings. The van der Waals surface area contributed by atoms with E-state index in [-0.39, 0.29) is 16.7 Å². The van der Waals surface area contributed by atoms with Crippen molar-refractivity contribution in [3.63, 3.8) is 0 Å². The Kier molecular flexibility index (Phi) is 4.45. The fraction of sp³-hybridized carbons (Fsp3) is 0.176. The maximum absolute atomic E-state index is 12.6. The van der Waals surface area contributed by atoms with Crippen LogP contribution in [0.2, 0.25) is 0 Å². The Morgan fingerprint density at radius 2 is 1.92 bits per heavy atom. The number of carbonyl (C=O) groups excluding carboxylic acids is 2. The third-order valence-electron chi connectivity index (χ3n) is 3.89. The van der Waals surface area contributed by atoms with E-state index in [0.29, 0.717) is 29.8 Å². The number of hydrogen-bond acceptors (Lipinski definition) is 4. The summed E-state index contributed by atoms with van der Waals surface area (Å²) in [5, 5.41) is 5.21. The molecule has 130 valence electrons. The molecule has 0 spiro atoms. The monoisotopic (exact) mass is 359 g/mol. The maximum atomic E-state index is 12.6. The van der Waals surface area contributed by atoms with Crippen LogP contribution in [-0.2, 0) is 21.2 Å². The summed E-state index contributed by atoms with van der Waals surface area (Å²) < 4.78 is 27.7. The number of anilines is 2. The molecule has 0 aromatic heterocycles. The van der Waals surface area contributed by atoms with Gasteiger partial charge in [-0.25, -0.2) is 8.42 Å². The molecule has 1 aliphatic heterocycles. The molecule has 3 rings (SSSR count). The van der Waals surface area contributed by atoms with E-state index in [2.05, 4.69) is 15.4 Å². The minimum Gasteiger partial charge on any atom is -0.355 e. The van der Waals surface area contributed by atoms with E-state index in [4.69, 9.17) is 0 Å². The second-order valence-electron chi connectivity index (χ2n) is 5.63. The van der Waals surface area contributed by atoms with Gasteiger partial charge in [0.1, 0.15) is 0 Å². The predicted octanol–water partition coefficient (Wildman–Crippen LogP) is 1.73. The van der Waals surface area contributed by atoms with Crippen molar-refractivity contribution in [2.45, 2.75) is 17.7 Å². The lowest BCUT2D eigenvalue weighted by Crippen LogP contribution is -2.20. The summed E-state index contributed by atoms with van der Waals surface area (Å²) in [4.78, 5) is 23.2. The van der Waals surface area contributed by atoms with Crippen LogP contribution < -0.4 is 15.4 Å². The molecule has 0 aliphatic carbocycles. The Morgan fingerprint density at radius 3 is 2.68 bits per heavy atom. The van der Waals surface area contributed by atoms with Gasteiger partial charge in [-0.05, 0) is 48.4 Å². The van der Waals surface area contributed by atoms with Crippen LogP contribution in [0.15, 0.2) is 47.4 Å². The lowest BCUT2D eigenvalue weighted by atomic mass is 10.0. The number of nitrogens with one attached hydrogen (secondary N) is 3. The number of amides is 2. The topological polar surface area (TPSA) is 104 Å². The van der Waals surface area contributed by atoms with E-state index in [1.54, 1.807) is 30.3 Å². The first-order valence-corrected chi connectivity index (χ1v) is 9.15. The van der Waals surface area contributed by atoms with Gasteiger partial charge >= 0.3 is 0 Å². The second-order valence-corrected chi connectivity index (χ2v) is 7.31. The highest BCUT2D eigenvalue weighted by Gasteiger charge is 2.20. The van der Waals surface area contributed by atoms with Crippen LogP contribution in [0.25, 0.3) is 0 Å². The standard InChI is InChI=1S/C17H17N3O4S/c1-18-17(22)12-3-2-4-13(9-12)20-25(23,24)14-6-7-15-11(10-14)5-8-16(21)19-15/h2-4,6-7,9-10,20H,5,8H2,1H3,(H,18,22)(H,19,21). The van der Waals surface area contributed by atoms with Gasteiger partial charge in [-0.15, -0.1) is 0 Å². The van der Waals surface area contributed by atoms with Crippen LogP contribution in [-0.4, -0.2) is 27.3 Å². The molecular weight excluding hydrogens is 342 g/mol. The van der Waals surface area contributed by atoms with Gasteiger partial charge in [-0.3, -0.25) is 14.3 Å². The third kappa shape index (κ3) is 3.63. The Hall–Kier alpha value is -2.87. The van der Waals surface area contributed by atoms with Crippen LogP contribution >= 0.6 is 0 Å². The number of hydrogen-bond donors (Lipinski definition) is 3. The van der Waals surface area contributed by atoms with Gasteiger partial charge in [0.2, 0.25) is 5.91 Å². The molecule has 0 bridgehead atoms. The van der Waals surface area contributed by atoms with E-state index in [0.717, 1.165) is 5.56 Å². The van der Waals surface area contributed by atoms with Crippen LogP contribution in [0.5, 0.6) is 0 Å². The first kappa shape index (κ1) is 17.0. The van der Waals surface area contributed by atoms with Crippen LogP contribution in [0.4, 0.5) is 11.4 Å². The first-order valence-electron chi connectivity index (χ1n) is 7.67. The number of benzene rings is 2. The molecule has 1 heterocycles. The molecule has 25 heavy (non-hydrogen) atoms. The number of sulfonamides is 1. The zero-order valence-corrected chi connectivity index (χ0v) is 14.3. The van der Waals surface area contributed by atoms with Gasteiger partial charge < -0.3 is 10.6 Å². The summed E-state index contributed by atoms with van der Waals surface area (Å²) in [5.74, 6) is -0.377. The van der Waals surface area contributed by atoms with Crippen molar-refractivity contribution in [3.8, 4) is 0 Å². The maximum Gasteiger partial charge on any atom is 0.261 e. The van der Waals surface area contributed by atoms with E-state index < -0.39 is 10.0 Å². The molecule has 3 N–H and O–H groups in total. The fourth-order valence-corrected chi connectivity index (χ4v) is 3.71. The zero-order chi connectivity index (χ0) is 18.0. The van der Waals surface area contributed by atoms with Crippen LogP contribution in [0.3, 0.4) is 0 Å². The zero-order valence-electron chi connectivity index (χ0n) is 13.5. The Bertz CT molecular complexity index is 954. The van der Waals surface area contributed by atoms with Crippen molar-refractivity contribution in [2.75, 3.05) is 17.1 Å². The number of carbonyl (C=O) groups is 2. The van der Waals surface area contributed by atoms with Crippen molar-refractivity contribution in [1.29, 1.82) is 0 Å². The summed E-state index contributed by atoms with van der Waals surface area (Å²) >= 11 is 0. The molecule has 2 amide bonds. The van der Waals surface area contributed by atoms with Crippen molar-refractivity contribution in [2.24, 2.45) is 0 Å². The molecule has 8 heteroatoms. The highest BCUT2D eigenvalue weighted by atomic mass is 32.2. The molecule has 2 aromatic carbocycles. The number of aryl methyl sites for hydroxylation is 1. The summed E-state index contributed by atoms with van der Waals surface area (Å²) in [6.45, 7) is 0. The number of rotatable bonds is 4. The smallest absolute Gasteiger partial charge is 0.261 e. The Balaban J connectivity index is 1.88. The van der Waals surface area contributed by atoms with Gasteiger partial charge in [-0.2, -0.15) is 0 Å². The number of fused-ring (bicyclic) bond motifs is 1. The van der Waals surface area contributed by atoms with Crippen LogP contribution in [0, 0.1) is 0 Å². The van der Waals surface area contributed by atoms with Gasteiger partial charge in [0, 0.05) is 30.4 Å². The molecule has 1 aliphatic rings. The molecular formula is C17H17N3O4S. The van der Waals surface area contributed by atoms with Crippen molar-refractivity contribution in [3.05, 3.63) is 53.6 Å². The van der Waals surface area contributed by atoms with Gasteiger partial charge in [0.05, 0.1) is 4.90 Å². The van der Waals surface area contributed by atoms with E-state index in [1.807, 2.05) is 0 Å². The highest BCUT2D eigenvalue weighted by molar-refractivity contribution is 7.92. The van der Waals surface area contributed by atoms with Crippen molar-refractivity contribution in [1.82, 2.24) is 5.32 Å². The van der Waals surface area contributed by atoms with E-state index >= 15 is 0 Å². The van der Waals surface area contributed by atoms with Crippen molar-refractivity contribution < 1.29 is 18.0 Å². The van der Waals surface area contributed by atoms with Gasteiger partial charge in [0.25, 0.3) is 15.9 Å². The average molecular weight is 359 g/mol. The summed E-state index contributed by atoms with van der Waals surface area (Å²) in [6, 6.07) is 10.8. The Morgan fingerprint density at radius 1 is 1.12 bits per heavy atom. The van der Waals surface area contributed by atoms with Gasteiger partial charge in [-0.1, -0.05) is 6.07 Å². The largest absolute Gasteiger partial charge is 0.355 e. The first-order chi connectivity index (χ1) is 11.9. The van der Waals surface area contributed by atoms with Crippen molar-refractivity contribution >= 4 is 33.2 Å². The molecule has 0 atom stereocenters. The normalized spacial score (nSPS) is 13.6. The molecule has 0 saturated carbocycles. The van der Waals surface area contributed by atoms with E-state index in [9.17, 15) is 18.0 Å². The molecule has 7 nitrogen and oxygen atoms in total. The summed E-state index contributed by atoms with van der Waals surface area (Å²) in [5.41, 5.74) is 2.07. The molecule has 0 saturated heterocycles. The highest BCUT2D eigenvalue weighted by Crippen LogP contribution is 2.26. The lowest BCUT2D eigenvalue weighted by Gasteiger charge is -2.18. The predicted molar refractivity (Wildman–Crippen MR) is 94.0 cm³/mol. The minimum atomic E-state index is -3.80. The average Bonchev–Trinajstić information content (AvgIpc) is 2.60. The van der Waals surface area contributed by atoms with Crippen LogP contribution in [0.1, 0.15) is 22.3 Å². The summed E-state index contributed by atoms with van der Waals surface area (Å²) in [6.07, 6.45) is 0.828. The fourth-order valence-electron chi connectivity index (χ4n) is 2.61. The third-order valence-corrected chi connectivity index (χ3v) is 5.27. The second kappa shape index (κ2) is 6.56. The van der Waals surface area contributed by atoms with E-state index in [1.165, 1.54) is 19.2 Å². The molecule has 2 aromatic rings. The lowest BCUT2D eigenvalue weighted by molar-refractivity contribution is -0.116. The quantitative estimate of drug-likeness (QED) is 0.773. The van der Waals surface area contributed by atoms with Gasteiger partial charge in [0.15, 0.2) is 0 Å². The molecule has 0 radical (unpaired) electrons.